The molecule has 0 spiro atoms. The molecule has 4 heteroatoms. The van der Waals surface area contributed by atoms with Gasteiger partial charge in [0.25, 0.3) is 0 Å². The summed E-state index contributed by atoms with van der Waals surface area (Å²) in [5.41, 5.74) is 1.60. The number of carbonyl (C=O) groups excluding carboxylic acids is 1. The molecule has 0 aliphatic carbocycles. The normalized spacial score (nSPS) is 10.6. The van der Waals surface area contributed by atoms with Crippen molar-refractivity contribution in [2.45, 2.75) is 6.92 Å². The van der Waals surface area contributed by atoms with Gasteiger partial charge in [0, 0.05) is 29.5 Å². The third kappa shape index (κ3) is 1.27. The Bertz CT molecular complexity index is 475. The highest BCUT2D eigenvalue weighted by Gasteiger charge is 2.09. The summed E-state index contributed by atoms with van der Waals surface area (Å²) < 4.78 is 0.873. The predicted molar refractivity (Wildman–Crippen MR) is 53.8 cm³/mol. The minimum absolute atomic E-state index is 0.0474. The van der Waals surface area contributed by atoms with Crippen LogP contribution in [0, 0.1) is 0 Å². The van der Waals surface area contributed by atoms with E-state index >= 15 is 0 Å². The number of ketones is 1. The maximum Gasteiger partial charge on any atom is 0.162 e. The third-order valence-corrected chi connectivity index (χ3v) is 2.53. The Labute approximate surface area is 83.3 Å². The number of rotatable bonds is 1. The second-order valence-electron chi connectivity index (χ2n) is 2.80. The molecule has 3 nitrogen and oxygen atoms in total. The average molecular weight is 239 g/mol. The molecule has 0 unspecified atom stereocenters. The Morgan fingerprint density at radius 3 is 3.00 bits per heavy atom. The first-order valence-electron chi connectivity index (χ1n) is 3.81. The average Bonchev–Trinajstić information content (AvgIpc) is 2.48. The number of hydrogen-bond acceptors (Lipinski definition) is 2. The molecule has 0 amide bonds. The molecule has 0 aromatic carbocycles. The number of halogens is 1. The van der Waals surface area contributed by atoms with Gasteiger partial charge < -0.3 is 4.98 Å². The summed E-state index contributed by atoms with van der Waals surface area (Å²) in [5.74, 6) is 0.0474. The van der Waals surface area contributed by atoms with Gasteiger partial charge >= 0.3 is 0 Å². The van der Waals surface area contributed by atoms with Crippen LogP contribution in [-0.2, 0) is 0 Å². The molecule has 0 atom stereocenters. The van der Waals surface area contributed by atoms with Gasteiger partial charge in [0.05, 0.1) is 9.99 Å². The summed E-state index contributed by atoms with van der Waals surface area (Å²) in [6.45, 7) is 1.55. The molecule has 2 aromatic rings. The van der Waals surface area contributed by atoms with Crippen molar-refractivity contribution in [1.29, 1.82) is 0 Å². The number of fused-ring (bicyclic) bond motifs is 1. The van der Waals surface area contributed by atoms with Crippen LogP contribution in [0.3, 0.4) is 0 Å². The van der Waals surface area contributed by atoms with Gasteiger partial charge in [-0.3, -0.25) is 9.78 Å². The third-order valence-electron chi connectivity index (χ3n) is 1.93. The van der Waals surface area contributed by atoms with Crippen molar-refractivity contribution >= 4 is 32.6 Å². The number of aromatic nitrogens is 2. The number of nitrogens with one attached hydrogen (secondary N) is 1. The van der Waals surface area contributed by atoms with Gasteiger partial charge in [0.1, 0.15) is 0 Å². The summed E-state index contributed by atoms with van der Waals surface area (Å²) in [6.07, 6.45) is 5.09. The van der Waals surface area contributed by atoms with Crippen LogP contribution in [0.15, 0.2) is 23.1 Å². The Kier molecular flexibility index (Phi) is 1.92. The topological polar surface area (TPSA) is 45.8 Å². The molecule has 0 radical (unpaired) electrons. The lowest BCUT2D eigenvalue weighted by Gasteiger charge is -1.93. The number of nitrogens with zero attached hydrogens (tertiary/aromatic N) is 1. The van der Waals surface area contributed by atoms with Gasteiger partial charge in [-0.05, 0) is 22.9 Å². The van der Waals surface area contributed by atoms with Crippen molar-refractivity contribution in [3.8, 4) is 0 Å². The van der Waals surface area contributed by atoms with Gasteiger partial charge in [-0.25, -0.2) is 0 Å². The number of Topliss-reactive ketones (excluding diaryl/α,β-unsaturated/α-hetero) is 1. The van der Waals surface area contributed by atoms with Crippen molar-refractivity contribution in [2.75, 3.05) is 0 Å². The zero-order valence-corrected chi connectivity index (χ0v) is 8.55. The van der Waals surface area contributed by atoms with Gasteiger partial charge in [-0.1, -0.05) is 0 Å². The minimum Gasteiger partial charge on any atom is -0.359 e. The fourth-order valence-electron chi connectivity index (χ4n) is 1.30. The summed E-state index contributed by atoms with van der Waals surface area (Å²) in [4.78, 5) is 18.2. The Balaban J connectivity index is 2.83. The van der Waals surface area contributed by atoms with Gasteiger partial charge in [0.15, 0.2) is 5.78 Å². The lowest BCUT2D eigenvalue weighted by atomic mass is 10.2. The molecular formula is C9H7BrN2O. The standard InChI is InChI=1S/C9H7BrN2O/c1-5(13)6-3-12-9-7(6)2-11-4-8(9)10/h2-4,12H,1H3. The Hall–Kier alpha value is -1.16. The molecule has 2 aromatic heterocycles. The maximum absolute atomic E-state index is 11.2. The van der Waals surface area contributed by atoms with Gasteiger partial charge in [-0.2, -0.15) is 0 Å². The fourth-order valence-corrected chi connectivity index (χ4v) is 1.75. The summed E-state index contributed by atoms with van der Waals surface area (Å²) in [6, 6.07) is 0. The van der Waals surface area contributed by atoms with Gasteiger partial charge in [-0.15, -0.1) is 0 Å². The van der Waals surface area contributed by atoms with Crippen LogP contribution >= 0.6 is 15.9 Å². The zero-order chi connectivity index (χ0) is 9.42. The van der Waals surface area contributed by atoms with E-state index in [1.54, 1.807) is 25.5 Å². The van der Waals surface area contributed by atoms with E-state index < -0.39 is 0 Å². The highest BCUT2D eigenvalue weighted by molar-refractivity contribution is 9.10. The fraction of sp³-hybridized carbons (Fsp3) is 0.111. The summed E-state index contributed by atoms with van der Waals surface area (Å²) in [5, 5.41) is 0.863. The number of carbonyl (C=O) groups is 1. The van der Waals surface area contributed by atoms with E-state index in [4.69, 9.17) is 0 Å². The maximum atomic E-state index is 11.2. The monoisotopic (exact) mass is 238 g/mol. The second-order valence-corrected chi connectivity index (χ2v) is 3.66. The van der Waals surface area contributed by atoms with E-state index in [0.717, 1.165) is 15.4 Å². The molecule has 66 valence electrons. The van der Waals surface area contributed by atoms with Gasteiger partial charge in [0.2, 0.25) is 0 Å². The van der Waals surface area contributed by atoms with Crippen LogP contribution < -0.4 is 0 Å². The van der Waals surface area contributed by atoms with Crippen LogP contribution in [0.25, 0.3) is 10.9 Å². The molecule has 0 saturated heterocycles. The molecule has 2 heterocycles. The number of H-pyrrole nitrogens is 1. The first-order chi connectivity index (χ1) is 6.20. The zero-order valence-electron chi connectivity index (χ0n) is 6.97. The van der Waals surface area contributed by atoms with E-state index in [-0.39, 0.29) is 5.78 Å². The highest BCUT2D eigenvalue weighted by atomic mass is 79.9. The van der Waals surface area contributed by atoms with E-state index in [2.05, 4.69) is 25.9 Å². The first kappa shape index (κ1) is 8.44. The van der Waals surface area contributed by atoms with Crippen LogP contribution in [0.1, 0.15) is 17.3 Å². The summed E-state index contributed by atoms with van der Waals surface area (Å²) >= 11 is 3.35. The molecule has 0 fully saturated rings. The van der Waals surface area contributed by atoms with Crippen molar-refractivity contribution in [3.05, 3.63) is 28.6 Å². The molecule has 13 heavy (non-hydrogen) atoms. The van der Waals surface area contributed by atoms with Crippen molar-refractivity contribution in [1.82, 2.24) is 9.97 Å². The van der Waals surface area contributed by atoms with Crippen LogP contribution in [-0.4, -0.2) is 15.8 Å². The van der Waals surface area contributed by atoms with Crippen molar-refractivity contribution in [2.24, 2.45) is 0 Å². The van der Waals surface area contributed by atoms with Crippen molar-refractivity contribution in [3.63, 3.8) is 0 Å². The quantitative estimate of drug-likeness (QED) is 0.777. The molecule has 2 rings (SSSR count). The van der Waals surface area contributed by atoms with E-state index in [1.807, 2.05) is 0 Å². The predicted octanol–water partition coefficient (Wildman–Crippen LogP) is 2.53. The van der Waals surface area contributed by atoms with Crippen molar-refractivity contribution < 1.29 is 4.79 Å². The lowest BCUT2D eigenvalue weighted by molar-refractivity contribution is 0.101. The lowest BCUT2D eigenvalue weighted by Crippen LogP contribution is -1.88. The molecular weight excluding hydrogens is 232 g/mol. The van der Waals surface area contributed by atoms with E-state index in [9.17, 15) is 4.79 Å². The first-order valence-corrected chi connectivity index (χ1v) is 4.61. The number of hydrogen-bond donors (Lipinski definition) is 1. The summed E-state index contributed by atoms with van der Waals surface area (Å²) in [7, 11) is 0. The van der Waals surface area contributed by atoms with Crippen LogP contribution in [0.5, 0.6) is 0 Å². The molecule has 0 aliphatic heterocycles. The van der Waals surface area contributed by atoms with E-state index in [1.165, 1.54) is 0 Å². The second kappa shape index (κ2) is 2.96. The largest absolute Gasteiger partial charge is 0.359 e. The molecule has 1 N–H and O–H groups in total. The SMILES string of the molecule is CC(=O)c1c[nH]c2c(Br)cncc12. The van der Waals surface area contributed by atoms with Crippen LogP contribution in [0.2, 0.25) is 0 Å². The minimum atomic E-state index is 0.0474. The number of aromatic amines is 1. The Morgan fingerprint density at radius 1 is 1.54 bits per heavy atom. The smallest absolute Gasteiger partial charge is 0.162 e. The number of pyridine rings is 1. The van der Waals surface area contributed by atoms with E-state index in [0.29, 0.717) is 5.56 Å². The molecule has 0 saturated carbocycles. The molecule has 0 bridgehead atoms. The molecule has 0 aliphatic rings. The van der Waals surface area contributed by atoms with Crippen LogP contribution in [0.4, 0.5) is 0 Å². The highest BCUT2D eigenvalue weighted by Crippen LogP contribution is 2.24. The Morgan fingerprint density at radius 2 is 2.31 bits per heavy atom.